The van der Waals surface area contributed by atoms with E-state index in [1.54, 1.807) is 0 Å². The summed E-state index contributed by atoms with van der Waals surface area (Å²) in [4.78, 5) is 6.43. The van der Waals surface area contributed by atoms with Crippen LogP contribution in [0.2, 0.25) is 0 Å². The van der Waals surface area contributed by atoms with Crippen LogP contribution in [0.3, 0.4) is 0 Å². The first kappa shape index (κ1) is 12.8. The van der Waals surface area contributed by atoms with Crippen molar-refractivity contribution in [3.8, 4) is 0 Å². The van der Waals surface area contributed by atoms with Crippen molar-refractivity contribution in [3.05, 3.63) is 18.5 Å². The third kappa shape index (κ3) is 3.02. The molecule has 1 N–H and O–H groups in total. The zero-order chi connectivity index (χ0) is 13.2. The number of hydrogen-bond donors (Lipinski definition) is 1. The fourth-order valence-electron chi connectivity index (χ4n) is 3.46. The van der Waals surface area contributed by atoms with Gasteiger partial charge in [0.25, 0.3) is 0 Å². The summed E-state index contributed by atoms with van der Waals surface area (Å²) < 4.78 is 0. The molecule has 0 saturated heterocycles. The number of aromatic nitrogens is 1. The van der Waals surface area contributed by atoms with Crippen LogP contribution in [0, 0.1) is 11.8 Å². The molecule has 1 aromatic heterocycles. The van der Waals surface area contributed by atoms with Gasteiger partial charge < -0.3 is 10.2 Å². The average molecular weight is 259 g/mol. The summed E-state index contributed by atoms with van der Waals surface area (Å²) in [5, 5.41) is 3.74. The van der Waals surface area contributed by atoms with E-state index in [2.05, 4.69) is 35.4 Å². The molecule has 0 aliphatic heterocycles. The highest BCUT2D eigenvalue weighted by Crippen LogP contribution is 2.44. The highest BCUT2D eigenvalue weighted by Gasteiger charge is 2.34. The van der Waals surface area contributed by atoms with Gasteiger partial charge in [-0.1, -0.05) is 12.8 Å². The second kappa shape index (κ2) is 5.40. The minimum Gasteiger partial charge on any atom is -0.379 e. The van der Waals surface area contributed by atoms with Gasteiger partial charge in [0.1, 0.15) is 0 Å². The van der Waals surface area contributed by atoms with Crippen molar-refractivity contribution in [1.29, 1.82) is 0 Å². The lowest BCUT2D eigenvalue weighted by molar-refractivity contribution is 0.303. The Balaban J connectivity index is 1.67. The van der Waals surface area contributed by atoms with E-state index >= 15 is 0 Å². The molecule has 1 aromatic rings. The second-order valence-electron chi connectivity index (χ2n) is 6.39. The van der Waals surface area contributed by atoms with E-state index in [1.165, 1.54) is 49.9 Å². The predicted octanol–water partition coefficient (Wildman–Crippen LogP) is 3.53. The molecule has 2 atom stereocenters. The first-order chi connectivity index (χ1) is 9.24. The fourth-order valence-corrected chi connectivity index (χ4v) is 3.46. The Morgan fingerprint density at radius 3 is 2.74 bits per heavy atom. The molecular weight excluding hydrogens is 234 g/mol. The minimum atomic E-state index is 0.641. The van der Waals surface area contributed by atoms with Crippen LogP contribution in [0.4, 0.5) is 11.4 Å². The van der Waals surface area contributed by atoms with Gasteiger partial charge in [0.15, 0.2) is 0 Å². The van der Waals surface area contributed by atoms with Crippen molar-refractivity contribution in [1.82, 2.24) is 4.98 Å². The molecule has 19 heavy (non-hydrogen) atoms. The van der Waals surface area contributed by atoms with Crippen LogP contribution in [0.5, 0.6) is 0 Å². The summed E-state index contributed by atoms with van der Waals surface area (Å²) in [6.45, 7) is 0. The summed E-state index contributed by atoms with van der Waals surface area (Å²) in [6.07, 6.45) is 12.3. The van der Waals surface area contributed by atoms with Gasteiger partial charge in [-0.25, -0.2) is 0 Å². The van der Waals surface area contributed by atoms with Crippen molar-refractivity contribution in [3.63, 3.8) is 0 Å². The lowest BCUT2D eigenvalue weighted by atomic mass is 9.82. The number of rotatable bonds is 4. The maximum atomic E-state index is 4.27. The monoisotopic (exact) mass is 259 g/mol. The largest absolute Gasteiger partial charge is 0.379 e. The van der Waals surface area contributed by atoms with Crippen LogP contribution < -0.4 is 10.2 Å². The van der Waals surface area contributed by atoms with Crippen molar-refractivity contribution >= 4 is 11.4 Å². The summed E-state index contributed by atoms with van der Waals surface area (Å²) in [7, 11) is 4.18. The van der Waals surface area contributed by atoms with Crippen LogP contribution in [-0.2, 0) is 0 Å². The molecule has 0 bridgehead atoms. The lowest BCUT2D eigenvalue weighted by Crippen LogP contribution is -2.29. The average Bonchev–Trinajstić information content (AvgIpc) is 3.24. The molecule has 1 heterocycles. The summed E-state index contributed by atoms with van der Waals surface area (Å²) >= 11 is 0. The van der Waals surface area contributed by atoms with E-state index in [4.69, 9.17) is 0 Å². The van der Waals surface area contributed by atoms with E-state index in [-0.39, 0.29) is 0 Å². The highest BCUT2D eigenvalue weighted by molar-refractivity contribution is 5.68. The van der Waals surface area contributed by atoms with E-state index in [0.717, 1.165) is 11.8 Å². The standard InChI is InChI=1S/C16H25N3/c1-19(2)16-8-9-17-11-15(16)18-14-5-3-4-13(10-14)12-6-7-12/h8-9,11-14,18H,3-7,10H2,1-2H3. The van der Waals surface area contributed by atoms with Crippen molar-refractivity contribution < 1.29 is 0 Å². The predicted molar refractivity (Wildman–Crippen MR) is 80.7 cm³/mol. The van der Waals surface area contributed by atoms with Gasteiger partial charge >= 0.3 is 0 Å². The van der Waals surface area contributed by atoms with Crippen molar-refractivity contribution in [2.75, 3.05) is 24.3 Å². The lowest BCUT2D eigenvalue weighted by Gasteiger charge is -2.31. The molecule has 104 valence electrons. The molecule has 3 heteroatoms. The van der Waals surface area contributed by atoms with Gasteiger partial charge in [0.2, 0.25) is 0 Å². The molecule has 2 unspecified atom stereocenters. The van der Waals surface area contributed by atoms with E-state index in [1.807, 2.05) is 12.4 Å². The zero-order valence-electron chi connectivity index (χ0n) is 12.1. The first-order valence-corrected chi connectivity index (χ1v) is 7.62. The number of hydrogen-bond acceptors (Lipinski definition) is 3. The van der Waals surface area contributed by atoms with Crippen LogP contribution >= 0.6 is 0 Å². The van der Waals surface area contributed by atoms with Gasteiger partial charge in [-0.05, 0) is 43.6 Å². The zero-order valence-corrected chi connectivity index (χ0v) is 12.1. The Morgan fingerprint density at radius 2 is 2.00 bits per heavy atom. The third-order valence-electron chi connectivity index (χ3n) is 4.64. The number of pyridine rings is 1. The molecule has 3 nitrogen and oxygen atoms in total. The quantitative estimate of drug-likeness (QED) is 0.896. The highest BCUT2D eigenvalue weighted by atomic mass is 15.1. The van der Waals surface area contributed by atoms with Gasteiger partial charge in [0.05, 0.1) is 17.6 Å². The SMILES string of the molecule is CN(C)c1ccncc1NC1CCCC(C2CC2)C1. The summed E-state index contributed by atoms with van der Waals surface area (Å²) in [6, 6.07) is 2.73. The van der Waals surface area contributed by atoms with E-state index in [9.17, 15) is 0 Å². The Bertz CT molecular complexity index is 426. The topological polar surface area (TPSA) is 28.2 Å². The van der Waals surface area contributed by atoms with Crippen LogP contribution in [0.1, 0.15) is 38.5 Å². The third-order valence-corrected chi connectivity index (χ3v) is 4.64. The molecule has 2 aliphatic carbocycles. The Kier molecular flexibility index (Phi) is 3.63. The van der Waals surface area contributed by atoms with Crippen molar-refractivity contribution in [2.45, 2.75) is 44.6 Å². The van der Waals surface area contributed by atoms with Crippen LogP contribution in [-0.4, -0.2) is 25.1 Å². The van der Waals surface area contributed by atoms with Gasteiger partial charge in [-0.3, -0.25) is 4.98 Å². The molecule has 3 rings (SSSR count). The molecule has 0 radical (unpaired) electrons. The van der Waals surface area contributed by atoms with E-state index < -0.39 is 0 Å². The molecule has 0 spiro atoms. The normalized spacial score (nSPS) is 27.1. The number of anilines is 2. The Hall–Kier alpha value is -1.25. The fraction of sp³-hybridized carbons (Fsp3) is 0.688. The van der Waals surface area contributed by atoms with Crippen molar-refractivity contribution in [2.24, 2.45) is 11.8 Å². The van der Waals surface area contributed by atoms with Gasteiger partial charge in [0, 0.05) is 26.3 Å². The molecule has 2 saturated carbocycles. The first-order valence-electron chi connectivity index (χ1n) is 7.62. The van der Waals surface area contributed by atoms with Gasteiger partial charge in [-0.2, -0.15) is 0 Å². The van der Waals surface area contributed by atoms with Gasteiger partial charge in [-0.15, -0.1) is 0 Å². The molecule has 0 amide bonds. The molecular formula is C16H25N3. The van der Waals surface area contributed by atoms with E-state index in [0.29, 0.717) is 6.04 Å². The molecule has 0 aromatic carbocycles. The smallest absolute Gasteiger partial charge is 0.0766 e. The Morgan fingerprint density at radius 1 is 1.16 bits per heavy atom. The summed E-state index contributed by atoms with van der Waals surface area (Å²) in [5.41, 5.74) is 2.43. The van der Waals surface area contributed by atoms with Crippen LogP contribution in [0.25, 0.3) is 0 Å². The summed E-state index contributed by atoms with van der Waals surface area (Å²) in [5.74, 6) is 2.03. The second-order valence-corrected chi connectivity index (χ2v) is 6.39. The minimum absolute atomic E-state index is 0.641. The maximum Gasteiger partial charge on any atom is 0.0766 e. The Labute approximate surface area is 116 Å². The molecule has 2 fully saturated rings. The molecule has 2 aliphatic rings. The number of nitrogens with one attached hydrogen (secondary N) is 1. The van der Waals surface area contributed by atoms with Crippen LogP contribution in [0.15, 0.2) is 18.5 Å². The maximum absolute atomic E-state index is 4.27. The number of nitrogens with zero attached hydrogens (tertiary/aromatic N) is 2.